The fraction of sp³-hybridized carbons (Fsp3) is 1.00. The lowest BCUT2D eigenvalue weighted by Crippen LogP contribution is -2.16. The summed E-state index contributed by atoms with van der Waals surface area (Å²) in [4.78, 5) is 0. The van der Waals surface area contributed by atoms with Crippen LogP contribution < -0.4 is 0 Å². The maximum Gasteiger partial charge on any atom is 0.0792 e. The van der Waals surface area contributed by atoms with Crippen molar-refractivity contribution < 1.29 is 24.8 Å². The van der Waals surface area contributed by atoms with Crippen LogP contribution in [0.25, 0.3) is 0 Å². The summed E-state index contributed by atoms with van der Waals surface area (Å²) in [5.74, 6) is 0. The second kappa shape index (κ2) is 9.88. The van der Waals surface area contributed by atoms with Crippen molar-refractivity contribution >= 4 is 0 Å². The summed E-state index contributed by atoms with van der Waals surface area (Å²) in [7, 11) is 0. The minimum absolute atomic E-state index is 0.0171. The molecule has 5 heteroatoms. The molecule has 0 aromatic rings. The topological polar surface area (TPSA) is 79.2 Å². The van der Waals surface area contributed by atoms with Gasteiger partial charge in [0.15, 0.2) is 0 Å². The highest BCUT2D eigenvalue weighted by Crippen LogP contribution is 1.90. The summed E-state index contributed by atoms with van der Waals surface area (Å²) in [6, 6.07) is 0. The van der Waals surface area contributed by atoms with Gasteiger partial charge in [0.05, 0.1) is 39.1 Å². The molecule has 5 nitrogen and oxygen atoms in total. The predicted molar refractivity (Wildman–Crippen MR) is 46.4 cm³/mol. The molecule has 0 saturated carbocycles. The molecule has 0 bridgehead atoms. The Labute approximate surface area is 77.9 Å². The van der Waals surface area contributed by atoms with Crippen molar-refractivity contribution in [2.45, 2.75) is 12.5 Å². The van der Waals surface area contributed by atoms with Gasteiger partial charge in [-0.3, -0.25) is 0 Å². The molecule has 0 spiro atoms. The first-order valence-corrected chi connectivity index (χ1v) is 4.36. The Balaban J connectivity index is 2.91. The Hall–Kier alpha value is -0.200. The van der Waals surface area contributed by atoms with Crippen LogP contribution in [-0.2, 0) is 9.47 Å². The monoisotopic (exact) mass is 194 g/mol. The Morgan fingerprint density at radius 3 is 2.08 bits per heavy atom. The maximum atomic E-state index is 8.90. The van der Waals surface area contributed by atoms with E-state index in [0.717, 1.165) is 0 Å². The molecular weight excluding hydrogens is 176 g/mol. The van der Waals surface area contributed by atoms with Crippen LogP contribution in [0, 0.1) is 0 Å². The molecule has 0 rings (SSSR count). The van der Waals surface area contributed by atoms with E-state index in [-0.39, 0.29) is 13.2 Å². The average molecular weight is 194 g/mol. The quantitative estimate of drug-likeness (QED) is 0.400. The van der Waals surface area contributed by atoms with E-state index in [0.29, 0.717) is 32.8 Å². The van der Waals surface area contributed by atoms with Gasteiger partial charge in [-0.2, -0.15) is 0 Å². The van der Waals surface area contributed by atoms with Gasteiger partial charge in [-0.1, -0.05) is 0 Å². The molecule has 0 aliphatic carbocycles. The van der Waals surface area contributed by atoms with E-state index in [1.165, 1.54) is 0 Å². The highest BCUT2D eigenvalue weighted by molar-refractivity contribution is 4.50. The second-order valence-corrected chi connectivity index (χ2v) is 2.57. The van der Waals surface area contributed by atoms with E-state index in [1.807, 2.05) is 0 Å². The average Bonchev–Trinajstić information content (AvgIpc) is 2.16. The predicted octanol–water partition coefficient (Wildman–Crippen LogP) is -1.24. The fourth-order valence-electron chi connectivity index (χ4n) is 0.697. The highest BCUT2D eigenvalue weighted by atomic mass is 16.5. The molecule has 0 fully saturated rings. The number of aliphatic hydroxyl groups is 3. The van der Waals surface area contributed by atoms with Crippen molar-refractivity contribution in [3.05, 3.63) is 0 Å². The van der Waals surface area contributed by atoms with Crippen LogP contribution in [0.15, 0.2) is 0 Å². The Kier molecular flexibility index (Phi) is 9.73. The van der Waals surface area contributed by atoms with Gasteiger partial charge in [0.2, 0.25) is 0 Å². The van der Waals surface area contributed by atoms with E-state index in [9.17, 15) is 0 Å². The number of ether oxygens (including phenoxy) is 2. The molecule has 0 aromatic heterocycles. The van der Waals surface area contributed by atoms with Crippen LogP contribution in [0.2, 0.25) is 0 Å². The molecule has 1 atom stereocenters. The van der Waals surface area contributed by atoms with Crippen LogP contribution in [0.1, 0.15) is 6.42 Å². The Morgan fingerprint density at radius 1 is 0.923 bits per heavy atom. The minimum Gasteiger partial charge on any atom is -0.394 e. The van der Waals surface area contributed by atoms with Crippen molar-refractivity contribution in [3.63, 3.8) is 0 Å². The summed E-state index contributed by atoms with van der Waals surface area (Å²) < 4.78 is 10.0. The Bertz CT molecular complexity index is 98.5. The van der Waals surface area contributed by atoms with Gasteiger partial charge >= 0.3 is 0 Å². The van der Waals surface area contributed by atoms with Crippen LogP contribution >= 0.6 is 0 Å². The van der Waals surface area contributed by atoms with Crippen molar-refractivity contribution in [2.24, 2.45) is 0 Å². The molecule has 13 heavy (non-hydrogen) atoms. The summed E-state index contributed by atoms with van der Waals surface area (Å²) in [5, 5.41) is 25.7. The molecule has 0 amide bonds. The van der Waals surface area contributed by atoms with Crippen LogP contribution in [-0.4, -0.2) is 61.1 Å². The van der Waals surface area contributed by atoms with E-state index < -0.39 is 6.10 Å². The lowest BCUT2D eigenvalue weighted by atomic mass is 10.3. The summed E-state index contributed by atoms with van der Waals surface area (Å²) in [6.45, 7) is 1.40. The molecule has 0 radical (unpaired) electrons. The zero-order chi connectivity index (χ0) is 9.94. The number of aliphatic hydroxyl groups excluding tert-OH is 3. The third kappa shape index (κ3) is 9.72. The molecule has 0 saturated heterocycles. The lowest BCUT2D eigenvalue weighted by molar-refractivity contribution is 0.0137. The van der Waals surface area contributed by atoms with Crippen molar-refractivity contribution in [1.82, 2.24) is 0 Å². The Morgan fingerprint density at radius 2 is 1.54 bits per heavy atom. The van der Waals surface area contributed by atoms with Crippen LogP contribution in [0.5, 0.6) is 0 Å². The molecule has 0 aliphatic heterocycles. The first kappa shape index (κ1) is 12.8. The molecule has 0 heterocycles. The van der Waals surface area contributed by atoms with Crippen LogP contribution in [0.4, 0.5) is 0 Å². The van der Waals surface area contributed by atoms with Gasteiger partial charge in [-0.05, 0) is 6.42 Å². The maximum absolute atomic E-state index is 8.90. The van der Waals surface area contributed by atoms with Crippen molar-refractivity contribution in [1.29, 1.82) is 0 Å². The van der Waals surface area contributed by atoms with Gasteiger partial charge in [0.1, 0.15) is 0 Å². The third-order valence-electron chi connectivity index (χ3n) is 1.41. The second-order valence-electron chi connectivity index (χ2n) is 2.57. The number of rotatable bonds is 9. The normalized spacial score (nSPS) is 13.2. The van der Waals surface area contributed by atoms with Crippen molar-refractivity contribution in [2.75, 3.05) is 39.6 Å². The van der Waals surface area contributed by atoms with Crippen molar-refractivity contribution in [3.8, 4) is 0 Å². The van der Waals surface area contributed by atoms with E-state index >= 15 is 0 Å². The first-order valence-electron chi connectivity index (χ1n) is 4.36. The molecule has 0 aromatic carbocycles. The smallest absolute Gasteiger partial charge is 0.0792 e. The van der Waals surface area contributed by atoms with E-state index in [2.05, 4.69) is 0 Å². The molecule has 0 aliphatic rings. The fourth-order valence-corrected chi connectivity index (χ4v) is 0.697. The largest absolute Gasteiger partial charge is 0.394 e. The third-order valence-corrected chi connectivity index (χ3v) is 1.41. The van der Waals surface area contributed by atoms with Gasteiger partial charge in [-0.25, -0.2) is 0 Å². The molecule has 1 unspecified atom stereocenters. The van der Waals surface area contributed by atoms with Gasteiger partial charge < -0.3 is 24.8 Å². The van der Waals surface area contributed by atoms with E-state index in [4.69, 9.17) is 24.8 Å². The summed E-state index contributed by atoms with van der Waals surface area (Å²) in [5.41, 5.74) is 0. The SMILES string of the molecule is OCCOCCOCCC(O)CO. The van der Waals surface area contributed by atoms with Gasteiger partial charge in [-0.15, -0.1) is 0 Å². The number of hydrogen-bond acceptors (Lipinski definition) is 5. The first-order chi connectivity index (χ1) is 6.31. The minimum atomic E-state index is -0.696. The molecular formula is C8H18O5. The standard InChI is InChI=1S/C8H18O5/c9-2-4-13-6-5-12-3-1-8(11)7-10/h8-11H,1-7H2. The van der Waals surface area contributed by atoms with Crippen LogP contribution in [0.3, 0.4) is 0 Å². The zero-order valence-electron chi connectivity index (χ0n) is 7.69. The number of hydrogen-bond donors (Lipinski definition) is 3. The van der Waals surface area contributed by atoms with E-state index in [1.54, 1.807) is 0 Å². The summed E-state index contributed by atoms with van der Waals surface area (Å²) >= 11 is 0. The van der Waals surface area contributed by atoms with Gasteiger partial charge in [0.25, 0.3) is 0 Å². The van der Waals surface area contributed by atoms with Gasteiger partial charge in [0, 0.05) is 6.61 Å². The molecule has 3 N–H and O–H groups in total. The molecule has 80 valence electrons. The lowest BCUT2D eigenvalue weighted by Gasteiger charge is -2.07. The summed E-state index contributed by atoms with van der Waals surface area (Å²) in [6.07, 6.45) is -0.269. The zero-order valence-corrected chi connectivity index (χ0v) is 7.69. The highest BCUT2D eigenvalue weighted by Gasteiger charge is 2.00.